The van der Waals surface area contributed by atoms with Gasteiger partial charge in [-0.3, -0.25) is 0 Å². The fourth-order valence-corrected chi connectivity index (χ4v) is 4.08. The lowest BCUT2D eigenvalue weighted by atomic mass is 9.63. The maximum atomic E-state index is 13.8. The Morgan fingerprint density at radius 2 is 1.75 bits per heavy atom. The lowest BCUT2D eigenvalue weighted by Crippen LogP contribution is -2.43. The van der Waals surface area contributed by atoms with Crippen LogP contribution in [0.3, 0.4) is 0 Å². The number of halogens is 1. The van der Waals surface area contributed by atoms with Crippen molar-refractivity contribution in [2.75, 3.05) is 0 Å². The van der Waals surface area contributed by atoms with Crippen LogP contribution in [-0.2, 0) is 6.54 Å². The molecule has 0 heterocycles. The quantitative estimate of drug-likeness (QED) is 0.834. The number of hydrogen-bond acceptors (Lipinski definition) is 1. The Morgan fingerprint density at radius 3 is 2.35 bits per heavy atom. The summed E-state index contributed by atoms with van der Waals surface area (Å²) in [5.74, 6) is -0.0996. The van der Waals surface area contributed by atoms with E-state index in [2.05, 4.69) is 33.0 Å². The molecule has 0 unspecified atom stereocenters. The van der Waals surface area contributed by atoms with Gasteiger partial charge >= 0.3 is 0 Å². The third-order valence-corrected chi connectivity index (χ3v) is 4.34. The zero-order chi connectivity index (χ0) is 15.0. The first-order valence-corrected chi connectivity index (χ1v) is 7.65. The molecule has 1 saturated carbocycles. The van der Waals surface area contributed by atoms with Crippen molar-refractivity contribution in [3.63, 3.8) is 0 Å². The lowest BCUT2D eigenvalue weighted by molar-refractivity contribution is 0.0844. The minimum atomic E-state index is -0.0996. The number of benzene rings is 1. The highest BCUT2D eigenvalue weighted by Gasteiger charge is 2.38. The minimum absolute atomic E-state index is 0.0996. The van der Waals surface area contributed by atoms with Gasteiger partial charge in [0.25, 0.3) is 0 Å². The number of aryl methyl sites for hydroxylation is 1. The summed E-state index contributed by atoms with van der Waals surface area (Å²) in [5.41, 5.74) is 2.63. The molecule has 1 aliphatic rings. The molecule has 2 rings (SSSR count). The number of nitrogens with one attached hydrogen (secondary N) is 1. The van der Waals surface area contributed by atoms with Gasteiger partial charge in [-0.05, 0) is 43.1 Å². The molecular formula is C18H28FN. The molecule has 0 bridgehead atoms. The molecular weight excluding hydrogens is 249 g/mol. The molecule has 0 radical (unpaired) electrons. The molecule has 1 N–H and O–H groups in total. The van der Waals surface area contributed by atoms with E-state index in [-0.39, 0.29) is 5.82 Å². The van der Waals surface area contributed by atoms with Gasteiger partial charge in [0, 0.05) is 18.2 Å². The zero-order valence-electron chi connectivity index (χ0n) is 13.5. The standard InChI is InChI=1S/C18H28FN/c1-13-6-7-16(19)14(8-13)11-20-15-9-17(2,3)12-18(4,5)10-15/h6-8,15,20H,9-12H2,1-5H3. The maximum Gasteiger partial charge on any atom is 0.127 e. The highest BCUT2D eigenvalue weighted by Crippen LogP contribution is 2.45. The second-order valence-electron chi connectivity index (χ2n) is 8.09. The Labute approximate surface area is 123 Å². The van der Waals surface area contributed by atoms with Crippen LogP contribution in [0.4, 0.5) is 4.39 Å². The smallest absolute Gasteiger partial charge is 0.127 e. The van der Waals surface area contributed by atoms with Crippen molar-refractivity contribution < 1.29 is 4.39 Å². The Bertz CT molecular complexity index is 460. The lowest BCUT2D eigenvalue weighted by Gasteiger charge is -2.45. The van der Waals surface area contributed by atoms with Crippen LogP contribution in [0, 0.1) is 23.6 Å². The van der Waals surface area contributed by atoms with Crippen LogP contribution >= 0.6 is 0 Å². The van der Waals surface area contributed by atoms with Gasteiger partial charge in [0.15, 0.2) is 0 Å². The molecule has 0 spiro atoms. The van der Waals surface area contributed by atoms with E-state index in [0.717, 1.165) is 11.1 Å². The summed E-state index contributed by atoms with van der Waals surface area (Å²) < 4.78 is 13.8. The van der Waals surface area contributed by atoms with Crippen LogP contribution in [0.5, 0.6) is 0 Å². The summed E-state index contributed by atoms with van der Waals surface area (Å²) in [7, 11) is 0. The molecule has 0 aromatic heterocycles. The van der Waals surface area contributed by atoms with Crippen LogP contribution in [0.25, 0.3) is 0 Å². The topological polar surface area (TPSA) is 12.0 Å². The number of rotatable bonds is 3. The van der Waals surface area contributed by atoms with Gasteiger partial charge < -0.3 is 5.32 Å². The molecule has 1 aromatic rings. The third kappa shape index (κ3) is 4.05. The van der Waals surface area contributed by atoms with Crippen molar-refractivity contribution in [1.82, 2.24) is 5.32 Å². The van der Waals surface area contributed by atoms with Crippen molar-refractivity contribution in [3.05, 3.63) is 35.1 Å². The number of hydrogen-bond donors (Lipinski definition) is 1. The third-order valence-electron chi connectivity index (χ3n) is 4.34. The van der Waals surface area contributed by atoms with E-state index >= 15 is 0 Å². The fraction of sp³-hybridized carbons (Fsp3) is 0.667. The summed E-state index contributed by atoms with van der Waals surface area (Å²) in [4.78, 5) is 0. The van der Waals surface area contributed by atoms with E-state index in [0.29, 0.717) is 23.4 Å². The Balaban J connectivity index is 2.01. The Morgan fingerprint density at radius 1 is 1.15 bits per heavy atom. The van der Waals surface area contributed by atoms with Crippen LogP contribution in [0.15, 0.2) is 18.2 Å². The largest absolute Gasteiger partial charge is 0.310 e. The van der Waals surface area contributed by atoms with E-state index in [1.54, 1.807) is 6.07 Å². The monoisotopic (exact) mass is 277 g/mol. The van der Waals surface area contributed by atoms with Gasteiger partial charge in [-0.2, -0.15) is 0 Å². The minimum Gasteiger partial charge on any atom is -0.310 e. The summed E-state index contributed by atoms with van der Waals surface area (Å²) in [6.07, 6.45) is 3.60. The van der Waals surface area contributed by atoms with Crippen LogP contribution < -0.4 is 5.32 Å². The zero-order valence-corrected chi connectivity index (χ0v) is 13.5. The van der Waals surface area contributed by atoms with Crippen LogP contribution in [0.1, 0.15) is 58.1 Å². The molecule has 0 aliphatic heterocycles. The van der Waals surface area contributed by atoms with Gasteiger partial charge in [0.05, 0.1) is 0 Å². The predicted octanol–water partition coefficient (Wildman–Crippen LogP) is 4.83. The van der Waals surface area contributed by atoms with Gasteiger partial charge in [-0.25, -0.2) is 4.39 Å². The van der Waals surface area contributed by atoms with E-state index in [9.17, 15) is 4.39 Å². The van der Waals surface area contributed by atoms with Crippen molar-refractivity contribution >= 4 is 0 Å². The average molecular weight is 277 g/mol. The molecule has 0 saturated heterocycles. The van der Waals surface area contributed by atoms with Gasteiger partial charge in [-0.15, -0.1) is 0 Å². The van der Waals surface area contributed by atoms with E-state index in [1.807, 2.05) is 19.1 Å². The van der Waals surface area contributed by atoms with Crippen LogP contribution in [0.2, 0.25) is 0 Å². The first-order chi connectivity index (χ1) is 9.17. The van der Waals surface area contributed by atoms with Crippen molar-refractivity contribution in [3.8, 4) is 0 Å². The molecule has 1 nitrogen and oxygen atoms in total. The molecule has 0 atom stereocenters. The van der Waals surface area contributed by atoms with E-state index in [1.165, 1.54) is 19.3 Å². The summed E-state index contributed by atoms with van der Waals surface area (Å²) >= 11 is 0. The highest BCUT2D eigenvalue weighted by atomic mass is 19.1. The van der Waals surface area contributed by atoms with Gasteiger partial charge in [0.1, 0.15) is 5.82 Å². The molecule has 112 valence electrons. The first-order valence-electron chi connectivity index (χ1n) is 7.65. The first kappa shape index (κ1) is 15.5. The fourth-order valence-electron chi connectivity index (χ4n) is 4.08. The van der Waals surface area contributed by atoms with Crippen molar-refractivity contribution in [2.45, 2.75) is 66.5 Å². The van der Waals surface area contributed by atoms with Crippen molar-refractivity contribution in [1.29, 1.82) is 0 Å². The maximum absolute atomic E-state index is 13.8. The summed E-state index contributed by atoms with van der Waals surface area (Å²) in [6, 6.07) is 5.82. The SMILES string of the molecule is Cc1ccc(F)c(CNC2CC(C)(C)CC(C)(C)C2)c1. The van der Waals surface area contributed by atoms with Gasteiger partial charge in [-0.1, -0.05) is 45.4 Å². The second kappa shape index (κ2) is 5.48. The molecule has 1 aliphatic carbocycles. The second-order valence-corrected chi connectivity index (χ2v) is 8.09. The summed E-state index contributed by atoms with van der Waals surface area (Å²) in [5, 5.41) is 3.58. The van der Waals surface area contributed by atoms with Gasteiger partial charge in [0.2, 0.25) is 0 Å². The molecule has 1 aromatic carbocycles. The van der Waals surface area contributed by atoms with Crippen LogP contribution in [-0.4, -0.2) is 6.04 Å². The molecule has 0 amide bonds. The van der Waals surface area contributed by atoms with Crippen molar-refractivity contribution in [2.24, 2.45) is 10.8 Å². The summed E-state index contributed by atoms with van der Waals surface area (Å²) in [6.45, 7) is 12.0. The molecule has 2 heteroatoms. The average Bonchev–Trinajstić information content (AvgIpc) is 2.26. The Hall–Kier alpha value is -0.890. The van der Waals surface area contributed by atoms with E-state index < -0.39 is 0 Å². The van der Waals surface area contributed by atoms with E-state index in [4.69, 9.17) is 0 Å². The highest BCUT2D eigenvalue weighted by molar-refractivity contribution is 5.24. The molecule has 20 heavy (non-hydrogen) atoms. The predicted molar refractivity (Wildman–Crippen MR) is 83.2 cm³/mol. The Kier molecular flexibility index (Phi) is 4.24. The normalized spacial score (nSPS) is 21.9. The molecule has 1 fully saturated rings.